The highest BCUT2D eigenvalue weighted by Gasteiger charge is 2.36. The molecule has 2 aliphatic rings. The Hall–Kier alpha value is -2.06. The third-order valence-electron chi connectivity index (χ3n) is 5.45. The molecular weight excluding hydrogens is 294 g/mol. The van der Waals surface area contributed by atoms with Gasteiger partial charge < -0.3 is 4.74 Å². The zero-order valence-electron chi connectivity index (χ0n) is 14.5. The lowest BCUT2D eigenvalue weighted by molar-refractivity contribution is 0.203. The summed E-state index contributed by atoms with van der Waals surface area (Å²) in [6, 6.07) is 18.6. The van der Waals surface area contributed by atoms with Gasteiger partial charge in [0, 0.05) is 24.2 Å². The molecule has 2 aromatic carbocycles. The minimum atomic E-state index is 0.560. The van der Waals surface area contributed by atoms with Crippen LogP contribution in [-0.2, 0) is 6.54 Å². The van der Waals surface area contributed by atoms with Gasteiger partial charge in [-0.05, 0) is 49.0 Å². The van der Waals surface area contributed by atoms with Crippen LogP contribution < -0.4 is 4.74 Å². The summed E-state index contributed by atoms with van der Waals surface area (Å²) >= 11 is 0. The first-order valence-electron chi connectivity index (χ1n) is 8.90. The van der Waals surface area contributed by atoms with Gasteiger partial charge in [0.15, 0.2) is 0 Å². The van der Waals surface area contributed by atoms with Crippen LogP contribution in [0.2, 0.25) is 0 Å². The summed E-state index contributed by atoms with van der Waals surface area (Å²) in [6.07, 6.45) is 6.18. The molecule has 2 heteroatoms. The van der Waals surface area contributed by atoms with Crippen molar-refractivity contribution < 1.29 is 4.74 Å². The minimum absolute atomic E-state index is 0.560. The molecule has 1 saturated heterocycles. The first-order valence-corrected chi connectivity index (χ1v) is 8.90. The highest BCUT2D eigenvalue weighted by molar-refractivity contribution is 5.73. The largest absolute Gasteiger partial charge is 0.496 e. The third-order valence-corrected chi connectivity index (χ3v) is 5.45. The van der Waals surface area contributed by atoms with Crippen molar-refractivity contribution in [1.29, 1.82) is 0 Å². The van der Waals surface area contributed by atoms with E-state index in [4.69, 9.17) is 4.74 Å². The Morgan fingerprint density at radius 2 is 1.92 bits per heavy atom. The Morgan fingerprint density at radius 1 is 1.08 bits per heavy atom. The molecular formula is C22H25NO. The second-order valence-corrected chi connectivity index (χ2v) is 7.06. The quantitative estimate of drug-likeness (QED) is 0.801. The molecule has 4 rings (SSSR count). The highest BCUT2D eigenvalue weighted by Crippen LogP contribution is 2.41. The molecule has 124 valence electrons. The van der Waals surface area contributed by atoms with Gasteiger partial charge in [0.1, 0.15) is 5.75 Å². The lowest BCUT2D eigenvalue weighted by Gasteiger charge is -2.34. The number of methoxy groups -OCH3 is 1. The molecule has 24 heavy (non-hydrogen) atoms. The summed E-state index contributed by atoms with van der Waals surface area (Å²) in [7, 11) is 1.78. The second-order valence-electron chi connectivity index (χ2n) is 7.06. The number of fused-ring (bicyclic) bond motifs is 2. The van der Waals surface area contributed by atoms with Gasteiger partial charge in [-0.25, -0.2) is 0 Å². The van der Waals surface area contributed by atoms with Gasteiger partial charge >= 0.3 is 0 Å². The van der Waals surface area contributed by atoms with E-state index in [0.717, 1.165) is 18.7 Å². The Bertz CT molecular complexity index is 750. The van der Waals surface area contributed by atoms with Gasteiger partial charge in [0.2, 0.25) is 0 Å². The number of hydrogen-bond acceptors (Lipinski definition) is 2. The van der Waals surface area contributed by atoms with Gasteiger partial charge in [-0.3, -0.25) is 4.90 Å². The maximum absolute atomic E-state index is 5.64. The van der Waals surface area contributed by atoms with E-state index >= 15 is 0 Å². The topological polar surface area (TPSA) is 12.5 Å². The summed E-state index contributed by atoms with van der Waals surface area (Å²) in [4.78, 5) is 2.68. The predicted molar refractivity (Wildman–Crippen MR) is 99.1 cm³/mol. The number of aryl methyl sites for hydroxylation is 1. The van der Waals surface area contributed by atoms with Crippen molar-refractivity contribution in [3.63, 3.8) is 0 Å². The number of benzene rings is 2. The summed E-state index contributed by atoms with van der Waals surface area (Å²) in [5.74, 6) is 1.01. The van der Waals surface area contributed by atoms with Crippen LogP contribution in [0.3, 0.4) is 0 Å². The molecule has 0 saturated carbocycles. The molecule has 2 atom stereocenters. The Morgan fingerprint density at radius 3 is 2.67 bits per heavy atom. The van der Waals surface area contributed by atoms with Crippen LogP contribution in [0, 0.1) is 6.92 Å². The van der Waals surface area contributed by atoms with Crippen molar-refractivity contribution in [1.82, 2.24) is 4.90 Å². The Kier molecular flexibility index (Phi) is 4.15. The Balaban J connectivity index is 1.60. The SMILES string of the molecule is COc1cc(C)ccc1C1=CC2CCC(C1)N2Cc1ccccc1. The van der Waals surface area contributed by atoms with Gasteiger partial charge in [0.05, 0.1) is 7.11 Å². The fourth-order valence-electron chi connectivity index (χ4n) is 4.22. The van der Waals surface area contributed by atoms with Crippen molar-refractivity contribution in [2.45, 2.75) is 44.8 Å². The van der Waals surface area contributed by atoms with Gasteiger partial charge in [-0.1, -0.05) is 48.5 Å². The fourth-order valence-corrected chi connectivity index (χ4v) is 4.22. The number of ether oxygens (including phenoxy) is 1. The van der Waals surface area contributed by atoms with Crippen LogP contribution in [0.25, 0.3) is 5.57 Å². The number of nitrogens with zero attached hydrogens (tertiary/aromatic N) is 1. The maximum Gasteiger partial charge on any atom is 0.126 e. The van der Waals surface area contributed by atoms with Crippen molar-refractivity contribution in [2.75, 3.05) is 7.11 Å². The number of rotatable bonds is 4. The molecule has 0 aromatic heterocycles. The van der Waals surface area contributed by atoms with Gasteiger partial charge in [-0.15, -0.1) is 0 Å². The van der Waals surface area contributed by atoms with Gasteiger partial charge in [-0.2, -0.15) is 0 Å². The van der Waals surface area contributed by atoms with E-state index in [-0.39, 0.29) is 0 Å². The van der Waals surface area contributed by atoms with E-state index in [2.05, 4.69) is 66.4 Å². The van der Waals surface area contributed by atoms with Crippen LogP contribution in [0.5, 0.6) is 5.75 Å². The fraction of sp³-hybridized carbons (Fsp3) is 0.364. The van der Waals surface area contributed by atoms with Crippen LogP contribution >= 0.6 is 0 Å². The van der Waals surface area contributed by atoms with Gasteiger partial charge in [0.25, 0.3) is 0 Å². The normalized spacial score (nSPS) is 23.2. The maximum atomic E-state index is 5.64. The molecule has 1 fully saturated rings. The molecule has 0 aliphatic carbocycles. The standard InChI is InChI=1S/C22H25NO/c1-16-8-11-21(22(12-16)24-2)18-13-19-9-10-20(14-18)23(19)15-17-6-4-3-5-7-17/h3-8,11-13,19-20H,9-10,14-15H2,1-2H3. The van der Waals surface area contributed by atoms with Crippen molar-refractivity contribution in [2.24, 2.45) is 0 Å². The van der Waals surface area contributed by atoms with Crippen LogP contribution in [0.15, 0.2) is 54.6 Å². The third kappa shape index (κ3) is 2.87. The molecule has 2 aromatic rings. The first-order chi connectivity index (χ1) is 11.7. The summed E-state index contributed by atoms with van der Waals surface area (Å²) in [6.45, 7) is 3.18. The highest BCUT2D eigenvalue weighted by atomic mass is 16.5. The van der Waals surface area contributed by atoms with E-state index in [1.807, 2.05) is 0 Å². The summed E-state index contributed by atoms with van der Waals surface area (Å²) in [5, 5.41) is 0. The molecule has 2 bridgehead atoms. The molecule has 0 spiro atoms. The second kappa shape index (κ2) is 6.45. The van der Waals surface area contributed by atoms with Crippen molar-refractivity contribution >= 4 is 5.57 Å². The Labute approximate surface area is 144 Å². The molecule has 2 aliphatic heterocycles. The average Bonchev–Trinajstić information content (AvgIpc) is 2.83. The monoisotopic (exact) mass is 319 g/mol. The first kappa shape index (κ1) is 15.5. The zero-order valence-corrected chi connectivity index (χ0v) is 14.5. The van der Waals surface area contributed by atoms with Crippen molar-refractivity contribution in [3.8, 4) is 5.75 Å². The average molecular weight is 319 g/mol. The lowest BCUT2D eigenvalue weighted by Crippen LogP contribution is -2.37. The van der Waals surface area contributed by atoms with E-state index in [0.29, 0.717) is 12.1 Å². The van der Waals surface area contributed by atoms with Crippen LogP contribution in [-0.4, -0.2) is 24.1 Å². The molecule has 0 N–H and O–H groups in total. The van der Waals surface area contributed by atoms with Crippen molar-refractivity contribution in [3.05, 3.63) is 71.3 Å². The molecule has 2 nitrogen and oxygen atoms in total. The lowest BCUT2D eigenvalue weighted by atomic mass is 9.93. The van der Waals surface area contributed by atoms with E-state index in [1.165, 1.54) is 35.1 Å². The molecule has 0 amide bonds. The zero-order chi connectivity index (χ0) is 16.5. The molecule has 2 heterocycles. The number of hydrogen-bond donors (Lipinski definition) is 0. The van der Waals surface area contributed by atoms with Crippen LogP contribution in [0.1, 0.15) is 36.0 Å². The van der Waals surface area contributed by atoms with E-state index in [9.17, 15) is 0 Å². The van der Waals surface area contributed by atoms with Crippen LogP contribution in [0.4, 0.5) is 0 Å². The predicted octanol–water partition coefficient (Wildman–Crippen LogP) is 4.82. The summed E-state index contributed by atoms with van der Waals surface area (Å²) < 4.78 is 5.64. The minimum Gasteiger partial charge on any atom is -0.496 e. The smallest absolute Gasteiger partial charge is 0.126 e. The van der Waals surface area contributed by atoms with E-state index < -0.39 is 0 Å². The summed E-state index contributed by atoms with van der Waals surface area (Å²) in [5.41, 5.74) is 5.41. The van der Waals surface area contributed by atoms with E-state index in [1.54, 1.807) is 7.11 Å². The molecule has 2 unspecified atom stereocenters. The molecule has 0 radical (unpaired) electrons.